The summed E-state index contributed by atoms with van der Waals surface area (Å²) in [7, 11) is 1.57. The van der Waals surface area contributed by atoms with E-state index in [0.29, 0.717) is 17.0 Å². The van der Waals surface area contributed by atoms with Gasteiger partial charge in [0, 0.05) is 5.69 Å². The summed E-state index contributed by atoms with van der Waals surface area (Å²) in [6.07, 6.45) is -0.865. The summed E-state index contributed by atoms with van der Waals surface area (Å²) in [4.78, 5) is 27.4. The number of ether oxygens (including phenoxy) is 2. The Kier molecular flexibility index (Phi) is 4.25. The largest absolute Gasteiger partial charge is 0.497 e. The van der Waals surface area contributed by atoms with Crippen LogP contribution in [0.4, 0.5) is 5.69 Å². The molecular weight excluding hydrogens is 346 g/mol. The molecule has 0 radical (unpaired) electrons. The Labute approximate surface area is 157 Å². The quantitative estimate of drug-likeness (QED) is 0.817. The Balaban J connectivity index is 1.76. The number of amides is 1. The first kappa shape index (κ1) is 17.7. The fourth-order valence-electron chi connectivity index (χ4n) is 4.31. The van der Waals surface area contributed by atoms with Crippen LogP contribution in [0.1, 0.15) is 18.4 Å². The molecule has 2 aliphatic rings. The van der Waals surface area contributed by atoms with Crippen LogP contribution in [-0.2, 0) is 14.3 Å². The molecule has 2 saturated heterocycles. The number of rotatable bonds is 5. The summed E-state index contributed by atoms with van der Waals surface area (Å²) in [5, 5.41) is 10.6. The molecule has 0 aliphatic carbocycles. The average molecular weight is 367 g/mol. The van der Waals surface area contributed by atoms with Gasteiger partial charge in [-0.05, 0) is 36.8 Å². The van der Waals surface area contributed by atoms with E-state index < -0.39 is 23.7 Å². The lowest BCUT2D eigenvalue weighted by Crippen LogP contribution is -2.77. The van der Waals surface area contributed by atoms with Gasteiger partial charge in [-0.15, -0.1) is 0 Å². The van der Waals surface area contributed by atoms with E-state index in [1.54, 1.807) is 31.4 Å². The lowest BCUT2D eigenvalue weighted by molar-refractivity contribution is -0.159. The zero-order valence-corrected chi connectivity index (χ0v) is 15.2. The van der Waals surface area contributed by atoms with E-state index in [4.69, 9.17) is 9.47 Å². The lowest BCUT2D eigenvalue weighted by Gasteiger charge is -2.54. The maximum Gasteiger partial charge on any atom is 0.263 e. The second-order valence-electron chi connectivity index (χ2n) is 6.94. The molecule has 2 unspecified atom stereocenters. The van der Waals surface area contributed by atoms with Gasteiger partial charge in [0.15, 0.2) is 5.60 Å². The minimum atomic E-state index is -1.37. The van der Waals surface area contributed by atoms with Crippen LogP contribution >= 0.6 is 0 Å². The Morgan fingerprint density at radius 3 is 2.48 bits per heavy atom. The normalized spacial score (nSPS) is 27.7. The third-order valence-electron chi connectivity index (χ3n) is 5.45. The molecule has 6 heteroatoms. The van der Waals surface area contributed by atoms with Crippen molar-refractivity contribution in [3.8, 4) is 5.75 Å². The molecule has 2 fully saturated rings. The van der Waals surface area contributed by atoms with Crippen molar-refractivity contribution in [1.29, 1.82) is 0 Å². The summed E-state index contributed by atoms with van der Waals surface area (Å²) >= 11 is 0. The summed E-state index contributed by atoms with van der Waals surface area (Å²) < 4.78 is 11.0. The van der Waals surface area contributed by atoms with Crippen molar-refractivity contribution in [2.75, 3.05) is 18.6 Å². The van der Waals surface area contributed by atoms with E-state index in [-0.39, 0.29) is 18.3 Å². The molecule has 4 atom stereocenters. The van der Waals surface area contributed by atoms with E-state index in [9.17, 15) is 14.7 Å². The number of nitrogens with zero attached hydrogens (tertiary/aromatic N) is 1. The van der Waals surface area contributed by atoms with E-state index in [1.807, 2.05) is 30.3 Å². The van der Waals surface area contributed by atoms with Crippen LogP contribution in [0.15, 0.2) is 54.6 Å². The number of β-lactam (4-membered cyclic amide) rings is 1. The molecule has 6 nitrogen and oxygen atoms in total. The maximum absolute atomic E-state index is 13.3. The number of Topliss-reactive ketones (excluding diaryl/α,β-unsaturated/α-hetero) is 1. The fourth-order valence-corrected chi connectivity index (χ4v) is 4.31. The van der Waals surface area contributed by atoms with Gasteiger partial charge in [-0.1, -0.05) is 30.3 Å². The minimum absolute atomic E-state index is 0.0136. The van der Waals surface area contributed by atoms with Crippen molar-refractivity contribution >= 4 is 17.4 Å². The molecule has 2 heterocycles. The predicted molar refractivity (Wildman–Crippen MR) is 98.8 cm³/mol. The van der Waals surface area contributed by atoms with Crippen LogP contribution < -0.4 is 9.64 Å². The molecule has 4 rings (SSSR count). The molecule has 2 aromatic rings. The molecule has 2 aromatic carbocycles. The van der Waals surface area contributed by atoms with Crippen molar-refractivity contribution < 1.29 is 24.2 Å². The van der Waals surface area contributed by atoms with Gasteiger partial charge >= 0.3 is 0 Å². The zero-order valence-electron chi connectivity index (χ0n) is 15.2. The maximum atomic E-state index is 13.3. The number of hydrogen-bond donors (Lipinski definition) is 1. The summed E-state index contributed by atoms with van der Waals surface area (Å²) in [5.74, 6) is -0.559. The molecule has 1 N–H and O–H groups in total. The summed E-state index contributed by atoms with van der Waals surface area (Å²) in [5.41, 5.74) is -0.0137. The Bertz CT molecular complexity index is 866. The van der Waals surface area contributed by atoms with Gasteiger partial charge in [-0.2, -0.15) is 0 Å². The van der Waals surface area contributed by atoms with Crippen molar-refractivity contribution in [1.82, 2.24) is 0 Å². The highest BCUT2D eigenvalue weighted by Crippen LogP contribution is 2.52. The van der Waals surface area contributed by atoms with E-state index >= 15 is 0 Å². The first-order chi connectivity index (χ1) is 13.0. The molecule has 1 amide bonds. The number of aliphatic hydroxyl groups is 1. The van der Waals surface area contributed by atoms with Crippen LogP contribution in [0.5, 0.6) is 5.75 Å². The van der Waals surface area contributed by atoms with Gasteiger partial charge < -0.3 is 19.5 Å². The van der Waals surface area contributed by atoms with Crippen LogP contribution in [0, 0.1) is 0 Å². The topological polar surface area (TPSA) is 76.1 Å². The highest BCUT2D eigenvalue weighted by atomic mass is 16.5. The Morgan fingerprint density at radius 2 is 1.89 bits per heavy atom. The predicted octanol–water partition coefficient (Wildman–Crippen LogP) is 1.91. The number of anilines is 1. The lowest BCUT2D eigenvalue weighted by atomic mass is 9.67. The van der Waals surface area contributed by atoms with Gasteiger partial charge in [0.25, 0.3) is 5.91 Å². The number of methoxy groups -OCH3 is 1. The zero-order chi connectivity index (χ0) is 19.2. The average Bonchev–Trinajstić information content (AvgIpc) is 2.97. The van der Waals surface area contributed by atoms with E-state index in [0.717, 1.165) is 0 Å². The minimum Gasteiger partial charge on any atom is -0.497 e. The standard InChI is InChI=1S/C21H21NO5/c1-13(23)18(14-6-4-3-5-7-14)21-19(17(24)12-27-21)22(20(21)25)15-8-10-16(26-2)11-9-15/h3-11,17-19,24H,12H2,1-2H3/t17?,18-,19?,21+/m0/s1. The number of benzene rings is 2. The fraction of sp³-hybridized carbons (Fsp3) is 0.333. The van der Waals surface area contributed by atoms with Crippen LogP contribution in [0.2, 0.25) is 0 Å². The summed E-state index contributed by atoms with van der Waals surface area (Å²) in [6.45, 7) is 1.47. The van der Waals surface area contributed by atoms with Gasteiger partial charge in [-0.25, -0.2) is 0 Å². The number of carbonyl (C=O) groups excluding carboxylic acids is 2. The van der Waals surface area contributed by atoms with Gasteiger partial charge in [0.2, 0.25) is 0 Å². The molecule has 0 bridgehead atoms. The smallest absolute Gasteiger partial charge is 0.263 e. The molecule has 140 valence electrons. The Morgan fingerprint density at radius 1 is 1.22 bits per heavy atom. The number of carbonyl (C=O) groups is 2. The highest BCUT2D eigenvalue weighted by molar-refractivity contribution is 6.13. The third-order valence-corrected chi connectivity index (χ3v) is 5.45. The van der Waals surface area contributed by atoms with Crippen molar-refractivity contribution in [3.05, 3.63) is 60.2 Å². The second-order valence-corrected chi connectivity index (χ2v) is 6.94. The highest BCUT2D eigenvalue weighted by Gasteiger charge is 2.72. The number of fused-ring (bicyclic) bond motifs is 1. The molecular formula is C21H21NO5. The second kappa shape index (κ2) is 6.48. The number of aliphatic hydroxyl groups excluding tert-OH is 1. The first-order valence-corrected chi connectivity index (χ1v) is 8.86. The van der Waals surface area contributed by atoms with Crippen molar-refractivity contribution in [2.24, 2.45) is 0 Å². The molecule has 0 saturated carbocycles. The van der Waals surface area contributed by atoms with E-state index in [1.165, 1.54) is 11.8 Å². The van der Waals surface area contributed by atoms with Gasteiger partial charge in [-0.3, -0.25) is 9.59 Å². The SMILES string of the molecule is COc1ccc(N2C(=O)[C@]3([C@@H](C(C)=O)c4ccccc4)OCC(O)C23)cc1. The van der Waals surface area contributed by atoms with Crippen molar-refractivity contribution in [2.45, 2.75) is 30.6 Å². The van der Waals surface area contributed by atoms with Gasteiger partial charge in [0.05, 0.1) is 19.6 Å². The first-order valence-electron chi connectivity index (χ1n) is 8.86. The monoisotopic (exact) mass is 367 g/mol. The Hall–Kier alpha value is -2.70. The van der Waals surface area contributed by atoms with Crippen LogP contribution in [0.25, 0.3) is 0 Å². The van der Waals surface area contributed by atoms with Crippen LogP contribution in [-0.4, -0.2) is 48.3 Å². The van der Waals surface area contributed by atoms with Crippen molar-refractivity contribution in [3.63, 3.8) is 0 Å². The number of ketones is 1. The molecule has 27 heavy (non-hydrogen) atoms. The van der Waals surface area contributed by atoms with Gasteiger partial charge in [0.1, 0.15) is 23.7 Å². The van der Waals surface area contributed by atoms with E-state index in [2.05, 4.69) is 0 Å². The molecule has 0 spiro atoms. The van der Waals surface area contributed by atoms with Crippen LogP contribution in [0.3, 0.4) is 0 Å². The number of hydrogen-bond acceptors (Lipinski definition) is 5. The molecule has 0 aromatic heterocycles. The summed E-state index contributed by atoms with van der Waals surface area (Å²) in [6, 6.07) is 15.5. The molecule has 2 aliphatic heterocycles. The third kappa shape index (κ3) is 2.48.